The second-order valence-electron chi connectivity index (χ2n) is 2.44. The lowest BCUT2D eigenvalue weighted by molar-refractivity contribution is 1.24. The molecule has 0 unspecified atom stereocenters. The monoisotopic (exact) mass is 246 g/mol. The number of nitrogens with one attached hydrogen (secondary N) is 1. The van der Waals surface area contributed by atoms with Gasteiger partial charge in [-0.3, -0.25) is 5.41 Å². The quantitative estimate of drug-likeness (QED) is 0.612. The van der Waals surface area contributed by atoms with Gasteiger partial charge in [0.15, 0.2) is 0 Å². The van der Waals surface area contributed by atoms with Crippen molar-refractivity contribution in [1.29, 1.82) is 5.41 Å². The molecule has 12 heavy (non-hydrogen) atoms. The maximum Gasteiger partial charge on any atom is 0.0950 e. The summed E-state index contributed by atoms with van der Waals surface area (Å²) in [6, 6.07) is 5.53. The van der Waals surface area contributed by atoms with Crippen molar-refractivity contribution in [2.24, 2.45) is 5.73 Å². The Morgan fingerprint density at radius 3 is 2.75 bits per heavy atom. The molecule has 64 valence electrons. The summed E-state index contributed by atoms with van der Waals surface area (Å²) in [5, 5.41) is 7.73. The molecular weight excluding hydrogens is 239 g/mol. The third kappa shape index (κ3) is 2.50. The Labute approximate surface area is 84.4 Å². The van der Waals surface area contributed by atoms with Gasteiger partial charge >= 0.3 is 0 Å². The summed E-state index contributed by atoms with van der Waals surface area (Å²) >= 11 is 9.18. The van der Waals surface area contributed by atoms with Crippen molar-refractivity contribution >= 4 is 33.4 Å². The lowest BCUT2D eigenvalue weighted by Crippen LogP contribution is -2.12. The Hall–Kier alpha value is -0.540. The summed E-state index contributed by atoms with van der Waals surface area (Å²) in [6.07, 6.45) is 0.409. The highest BCUT2D eigenvalue weighted by Gasteiger charge is 2.01. The average molecular weight is 248 g/mol. The summed E-state index contributed by atoms with van der Waals surface area (Å²) in [4.78, 5) is 0. The van der Waals surface area contributed by atoms with Crippen molar-refractivity contribution < 1.29 is 0 Å². The van der Waals surface area contributed by atoms with Gasteiger partial charge in [0.05, 0.1) is 5.84 Å². The Balaban J connectivity index is 2.93. The molecule has 1 aromatic carbocycles. The maximum absolute atomic E-state index is 7.09. The lowest BCUT2D eigenvalue weighted by atomic mass is 10.1. The third-order valence-corrected chi connectivity index (χ3v) is 2.24. The number of amidine groups is 1. The molecule has 0 amide bonds. The molecular formula is C8H8BrClN2. The van der Waals surface area contributed by atoms with Crippen LogP contribution in [0.4, 0.5) is 0 Å². The summed E-state index contributed by atoms with van der Waals surface area (Å²) in [5.74, 6) is 0.124. The molecule has 0 spiro atoms. The van der Waals surface area contributed by atoms with Gasteiger partial charge in [-0.25, -0.2) is 0 Å². The van der Waals surface area contributed by atoms with Crippen LogP contribution in [0.25, 0.3) is 0 Å². The number of hydrogen-bond acceptors (Lipinski definition) is 1. The van der Waals surface area contributed by atoms with Gasteiger partial charge in [0.25, 0.3) is 0 Å². The molecule has 0 bridgehead atoms. The second kappa shape index (κ2) is 3.92. The highest BCUT2D eigenvalue weighted by Crippen LogP contribution is 2.21. The first kappa shape index (κ1) is 9.55. The number of nitrogens with two attached hydrogens (primary N) is 1. The molecule has 0 aromatic heterocycles. The molecule has 0 saturated heterocycles. The first-order chi connectivity index (χ1) is 5.59. The van der Waals surface area contributed by atoms with Crippen LogP contribution in [0.1, 0.15) is 5.56 Å². The summed E-state index contributed by atoms with van der Waals surface area (Å²) < 4.78 is 0.930. The van der Waals surface area contributed by atoms with Crippen LogP contribution in [0.5, 0.6) is 0 Å². The van der Waals surface area contributed by atoms with Gasteiger partial charge < -0.3 is 5.73 Å². The third-order valence-electron chi connectivity index (χ3n) is 1.40. The molecule has 1 aromatic rings. The van der Waals surface area contributed by atoms with Crippen LogP contribution in [0.15, 0.2) is 22.7 Å². The van der Waals surface area contributed by atoms with E-state index in [1.165, 1.54) is 0 Å². The normalized spacial score (nSPS) is 9.83. The second-order valence-corrected chi connectivity index (χ2v) is 3.76. The van der Waals surface area contributed by atoms with Gasteiger partial charge in [-0.1, -0.05) is 33.6 Å². The van der Waals surface area contributed by atoms with Gasteiger partial charge in [-0.05, 0) is 17.7 Å². The molecule has 0 heterocycles. The van der Waals surface area contributed by atoms with Crippen LogP contribution in [0.3, 0.4) is 0 Å². The molecule has 0 atom stereocenters. The number of halogens is 2. The van der Waals surface area contributed by atoms with E-state index in [2.05, 4.69) is 15.9 Å². The van der Waals surface area contributed by atoms with Crippen molar-refractivity contribution in [2.45, 2.75) is 6.42 Å². The standard InChI is InChI=1S/C8H8BrClN2/c9-6-2-1-5(3-8(11)12)7(10)4-6/h1-2,4H,3H2,(H3,11,12). The van der Waals surface area contributed by atoms with Crippen molar-refractivity contribution in [3.05, 3.63) is 33.3 Å². The van der Waals surface area contributed by atoms with Gasteiger partial charge in [-0.15, -0.1) is 0 Å². The summed E-state index contributed by atoms with van der Waals surface area (Å²) in [6.45, 7) is 0. The van der Waals surface area contributed by atoms with E-state index in [1.807, 2.05) is 12.1 Å². The van der Waals surface area contributed by atoms with E-state index in [-0.39, 0.29) is 5.84 Å². The molecule has 4 heteroatoms. The lowest BCUT2D eigenvalue weighted by Gasteiger charge is -2.02. The largest absolute Gasteiger partial charge is 0.387 e. The molecule has 0 fully saturated rings. The average Bonchev–Trinajstić information content (AvgIpc) is 1.94. The minimum Gasteiger partial charge on any atom is -0.387 e. The van der Waals surface area contributed by atoms with E-state index in [0.717, 1.165) is 10.0 Å². The van der Waals surface area contributed by atoms with Crippen LogP contribution >= 0.6 is 27.5 Å². The molecule has 0 aliphatic rings. The molecule has 1 rings (SSSR count). The number of rotatable bonds is 2. The molecule has 3 N–H and O–H groups in total. The fourth-order valence-corrected chi connectivity index (χ4v) is 1.61. The van der Waals surface area contributed by atoms with Crippen LogP contribution in [0, 0.1) is 5.41 Å². The number of benzene rings is 1. The van der Waals surface area contributed by atoms with Gasteiger partial charge in [-0.2, -0.15) is 0 Å². The van der Waals surface area contributed by atoms with Gasteiger partial charge in [0, 0.05) is 15.9 Å². The summed E-state index contributed by atoms with van der Waals surface area (Å²) in [7, 11) is 0. The maximum atomic E-state index is 7.09. The minimum atomic E-state index is 0.124. The van der Waals surface area contributed by atoms with E-state index in [4.69, 9.17) is 22.7 Å². The zero-order chi connectivity index (χ0) is 9.14. The zero-order valence-electron chi connectivity index (χ0n) is 6.27. The van der Waals surface area contributed by atoms with E-state index in [0.29, 0.717) is 11.4 Å². The van der Waals surface area contributed by atoms with E-state index in [9.17, 15) is 0 Å². The smallest absolute Gasteiger partial charge is 0.0950 e. The Kier molecular flexibility index (Phi) is 3.12. The van der Waals surface area contributed by atoms with Crippen molar-refractivity contribution in [3.8, 4) is 0 Å². The van der Waals surface area contributed by atoms with E-state index in [1.54, 1.807) is 6.07 Å². The van der Waals surface area contributed by atoms with Crippen LogP contribution < -0.4 is 5.73 Å². The van der Waals surface area contributed by atoms with Gasteiger partial charge in [0.2, 0.25) is 0 Å². The molecule has 0 aliphatic carbocycles. The molecule has 0 radical (unpaired) electrons. The van der Waals surface area contributed by atoms with E-state index < -0.39 is 0 Å². The topological polar surface area (TPSA) is 49.9 Å². The zero-order valence-corrected chi connectivity index (χ0v) is 8.61. The highest BCUT2D eigenvalue weighted by atomic mass is 79.9. The predicted octanol–water partition coefficient (Wildman–Crippen LogP) is 2.58. The van der Waals surface area contributed by atoms with Crippen molar-refractivity contribution in [3.63, 3.8) is 0 Å². The predicted molar refractivity (Wildman–Crippen MR) is 54.8 cm³/mol. The Morgan fingerprint density at radius 1 is 1.58 bits per heavy atom. The first-order valence-corrected chi connectivity index (χ1v) is 4.53. The van der Waals surface area contributed by atoms with Crippen LogP contribution in [-0.4, -0.2) is 5.84 Å². The SMILES string of the molecule is N=C(N)Cc1ccc(Br)cc1Cl. The van der Waals surface area contributed by atoms with E-state index >= 15 is 0 Å². The fourth-order valence-electron chi connectivity index (χ4n) is 0.870. The fraction of sp³-hybridized carbons (Fsp3) is 0.125. The minimum absolute atomic E-state index is 0.124. The van der Waals surface area contributed by atoms with Crippen LogP contribution in [-0.2, 0) is 6.42 Å². The molecule has 0 saturated carbocycles. The highest BCUT2D eigenvalue weighted by molar-refractivity contribution is 9.10. The van der Waals surface area contributed by atoms with Crippen molar-refractivity contribution in [2.75, 3.05) is 0 Å². The Bertz CT molecular complexity index is 312. The first-order valence-electron chi connectivity index (χ1n) is 3.36. The Morgan fingerprint density at radius 2 is 2.25 bits per heavy atom. The summed E-state index contributed by atoms with van der Waals surface area (Å²) in [5.41, 5.74) is 6.13. The number of hydrogen-bond donors (Lipinski definition) is 2. The molecule has 0 aliphatic heterocycles. The van der Waals surface area contributed by atoms with Crippen LogP contribution in [0.2, 0.25) is 5.02 Å². The van der Waals surface area contributed by atoms with Crippen molar-refractivity contribution in [1.82, 2.24) is 0 Å². The van der Waals surface area contributed by atoms with Gasteiger partial charge in [0.1, 0.15) is 0 Å². The molecule has 2 nitrogen and oxygen atoms in total.